The number of hydrogen-bond donors (Lipinski definition) is 3. The molecule has 2 atom stereocenters. The molecule has 1 heterocycles. The number of aryl methyl sites for hydroxylation is 1. The molecule has 5 N–H and O–H groups in total. The van der Waals surface area contributed by atoms with Crippen LogP contribution in [0.25, 0.3) is 11.3 Å². The molecule has 2 aromatic rings. The maximum atomic E-state index is 6.22. The Morgan fingerprint density at radius 3 is 2.70 bits per heavy atom. The number of nitrogens with one attached hydrogen (secondary N) is 1. The van der Waals surface area contributed by atoms with E-state index >= 15 is 0 Å². The molecule has 23 heavy (non-hydrogen) atoms. The Kier molecular flexibility index (Phi) is 4.48. The third kappa shape index (κ3) is 3.45. The lowest BCUT2D eigenvalue weighted by Gasteiger charge is -2.29. The first kappa shape index (κ1) is 15.7. The first-order valence-corrected chi connectivity index (χ1v) is 8.28. The Bertz CT molecular complexity index is 698. The van der Waals surface area contributed by atoms with E-state index in [4.69, 9.17) is 11.5 Å². The van der Waals surface area contributed by atoms with Gasteiger partial charge < -0.3 is 16.8 Å². The standard InChI is InChI=1S/C18H25N5/c1-11-6-5-7-13(12(11)2)16-10-17(23-18(20)22-16)21-15-9-4-3-8-14(15)19/h5-7,10,14-15H,3-4,8-9,19H2,1-2H3,(H3,20,21,22,23). The number of hydrogen-bond acceptors (Lipinski definition) is 5. The minimum absolute atomic E-state index is 0.170. The second-order valence-electron chi connectivity index (χ2n) is 6.44. The number of nitrogens with zero attached hydrogens (tertiary/aromatic N) is 2. The lowest BCUT2D eigenvalue weighted by molar-refractivity contribution is 0.403. The topological polar surface area (TPSA) is 89.8 Å². The number of nitrogens with two attached hydrogens (primary N) is 2. The second kappa shape index (κ2) is 6.54. The fraction of sp³-hybridized carbons (Fsp3) is 0.444. The summed E-state index contributed by atoms with van der Waals surface area (Å²) in [6.07, 6.45) is 4.54. The number of rotatable bonds is 3. The summed E-state index contributed by atoms with van der Waals surface area (Å²) in [7, 11) is 0. The average Bonchev–Trinajstić information content (AvgIpc) is 2.52. The van der Waals surface area contributed by atoms with Gasteiger partial charge in [-0.1, -0.05) is 31.0 Å². The van der Waals surface area contributed by atoms with E-state index in [9.17, 15) is 0 Å². The third-order valence-corrected chi connectivity index (χ3v) is 4.78. The van der Waals surface area contributed by atoms with Gasteiger partial charge in [0.25, 0.3) is 0 Å². The summed E-state index contributed by atoms with van der Waals surface area (Å²) >= 11 is 0. The van der Waals surface area contributed by atoms with Crippen molar-refractivity contribution in [2.75, 3.05) is 11.1 Å². The molecule has 1 aromatic heterocycles. The molecule has 122 valence electrons. The molecule has 5 heteroatoms. The molecule has 0 radical (unpaired) electrons. The minimum Gasteiger partial charge on any atom is -0.368 e. The quantitative estimate of drug-likeness (QED) is 0.810. The molecule has 1 aliphatic rings. The van der Waals surface area contributed by atoms with Crippen molar-refractivity contribution >= 4 is 11.8 Å². The Morgan fingerprint density at radius 1 is 1.13 bits per heavy atom. The van der Waals surface area contributed by atoms with Gasteiger partial charge in [-0.2, -0.15) is 4.98 Å². The maximum absolute atomic E-state index is 6.22. The van der Waals surface area contributed by atoms with Crippen LogP contribution in [0, 0.1) is 13.8 Å². The van der Waals surface area contributed by atoms with Crippen LogP contribution >= 0.6 is 0 Å². The highest BCUT2D eigenvalue weighted by Crippen LogP contribution is 2.27. The zero-order chi connectivity index (χ0) is 16.4. The largest absolute Gasteiger partial charge is 0.368 e. The van der Waals surface area contributed by atoms with Crippen molar-refractivity contribution in [1.82, 2.24) is 9.97 Å². The fourth-order valence-corrected chi connectivity index (χ4v) is 3.24. The van der Waals surface area contributed by atoms with Crippen molar-refractivity contribution in [3.63, 3.8) is 0 Å². The van der Waals surface area contributed by atoms with Gasteiger partial charge in [-0.05, 0) is 37.8 Å². The highest BCUT2D eigenvalue weighted by Gasteiger charge is 2.22. The Balaban J connectivity index is 1.91. The lowest BCUT2D eigenvalue weighted by atomic mass is 9.91. The first-order chi connectivity index (χ1) is 11.0. The summed E-state index contributed by atoms with van der Waals surface area (Å²) in [5, 5.41) is 3.46. The van der Waals surface area contributed by atoms with Crippen molar-refractivity contribution in [3.8, 4) is 11.3 Å². The third-order valence-electron chi connectivity index (χ3n) is 4.78. The van der Waals surface area contributed by atoms with E-state index in [0.717, 1.165) is 29.9 Å². The number of aromatic nitrogens is 2. The SMILES string of the molecule is Cc1cccc(-c2cc(NC3CCCCC3N)nc(N)n2)c1C. The molecular formula is C18H25N5. The van der Waals surface area contributed by atoms with E-state index in [2.05, 4.69) is 41.3 Å². The predicted octanol–water partition coefficient (Wildman–Crippen LogP) is 3.02. The molecule has 2 unspecified atom stereocenters. The molecule has 0 saturated heterocycles. The molecule has 1 saturated carbocycles. The van der Waals surface area contributed by atoms with Gasteiger partial charge in [-0.25, -0.2) is 4.98 Å². The van der Waals surface area contributed by atoms with Crippen molar-refractivity contribution < 1.29 is 0 Å². The second-order valence-corrected chi connectivity index (χ2v) is 6.44. The Labute approximate surface area is 137 Å². The smallest absolute Gasteiger partial charge is 0.222 e. The van der Waals surface area contributed by atoms with Crippen molar-refractivity contribution in [2.24, 2.45) is 5.73 Å². The monoisotopic (exact) mass is 311 g/mol. The van der Waals surface area contributed by atoms with Gasteiger partial charge in [0, 0.05) is 23.7 Å². The summed E-state index contributed by atoms with van der Waals surface area (Å²) < 4.78 is 0. The molecule has 0 aliphatic heterocycles. The van der Waals surface area contributed by atoms with E-state index in [1.165, 1.54) is 24.0 Å². The summed E-state index contributed by atoms with van der Waals surface area (Å²) in [6, 6.07) is 8.61. The minimum atomic E-state index is 0.170. The molecular weight excluding hydrogens is 286 g/mol. The number of nitrogen functional groups attached to an aromatic ring is 1. The van der Waals surface area contributed by atoms with E-state index in [1.807, 2.05) is 12.1 Å². The van der Waals surface area contributed by atoms with Crippen LogP contribution in [-0.4, -0.2) is 22.1 Å². The summed E-state index contributed by atoms with van der Waals surface area (Å²) in [5.41, 5.74) is 16.6. The predicted molar refractivity (Wildman–Crippen MR) is 95.2 cm³/mol. The Hall–Kier alpha value is -2.14. The molecule has 1 fully saturated rings. The van der Waals surface area contributed by atoms with Crippen LogP contribution in [0.1, 0.15) is 36.8 Å². The zero-order valence-corrected chi connectivity index (χ0v) is 13.8. The van der Waals surface area contributed by atoms with Crippen LogP contribution in [-0.2, 0) is 0 Å². The van der Waals surface area contributed by atoms with Crippen molar-refractivity contribution in [1.29, 1.82) is 0 Å². The van der Waals surface area contributed by atoms with Gasteiger partial charge in [0.1, 0.15) is 5.82 Å². The summed E-state index contributed by atoms with van der Waals surface area (Å²) in [5.74, 6) is 1.05. The fourth-order valence-electron chi connectivity index (χ4n) is 3.24. The number of anilines is 2. The molecule has 5 nitrogen and oxygen atoms in total. The maximum Gasteiger partial charge on any atom is 0.222 e. The van der Waals surface area contributed by atoms with Crippen LogP contribution < -0.4 is 16.8 Å². The first-order valence-electron chi connectivity index (χ1n) is 8.28. The van der Waals surface area contributed by atoms with Gasteiger partial charge in [0.2, 0.25) is 5.95 Å². The highest BCUT2D eigenvalue weighted by atomic mass is 15.1. The molecule has 1 aromatic carbocycles. The Morgan fingerprint density at radius 2 is 1.91 bits per heavy atom. The van der Waals surface area contributed by atoms with E-state index in [1.54, 1.807) is 0 Å². The number of benzene rings is 1. The van der Waals surface area contributed by atoms with E-state index in [-0.39, 0.29) is 18.0 Å². The summed E-state index contributed by atoms with van der Waals surface area (Å²) in [4.78, 5) is 8.75. The normalized spacial score (nSPS) is 21.2. The molecule has 1 aliphatic carbocycles. The van der Waals surface area contributed by atoms with Crippen LogP contribution in [0.2, 0.25) is 0 Å². The van der Waals surface area contributed by atoms with Crippen LogP contribution in [0.3, 0.4) is 0 Å². The molecule has 3 rings (SSSR count). The van der Waals surface area contributed by atoms with Crippen LogP contribution in [0.5, 0.6) is 0 Å². The van der Waals surface area contributed by atoms with Gasteiger partial charge in [-0.3, -0.25) is 0 Å². The van der Waals surface area contributed by atoms with Gasteiger partial charge >= 0.3 is 0 Å². The van der Waals surface area contributed by atoms with Crippen molar-refractivity contribution in [3.05, 3.63) is 35.4 Å². The van der Waals surface area contributed by atoms with Gasteiger partial charge in [0.05, 0.1) is 5.69 Å². The summed E-state index contributed by atoms with van der Waals surface area (Å²) in [6.45, 7) is 4.21. The molecule has 0 spiro atoms. The van der Waals surface area contributed by atoms with Crippen LogP contribution in [0.15, 0.2) is 24.3 Å². The highest BCUT2D eigenvalue weighted by molar-refractivity contribution is 5.68. The average molecular weight is 311 g/mol. The van der Waals surface area contributed by atoms with Gasteiger partial charge in [-0.15, -0.1) is 0 Å². The van der Waals surface area contributed by atoms with E-state index in [0.29, 0.717) is 0 Å². The molecule has 0 amide bonds. The van der Waals surface area contributed by atoms with Crippen molar-refractivity contribution in [2.45, 2.75) is 51.6 Å². The van der Waals surface area contributed by atoms with E-state index < -0.39 is 0 Å². The van der Waals surface area contributed by atoms with Crippen LogP contribution in [0.4, 0.5) is 11.8 Å². The molecule has 0 bridgehead atoms. The van der Waals surface area contributed by atoms with Gasteiger partial charge in [0.15, 0.2) is 0 Å². The lowest BCUT2D eigenvalue weighted by Crippen LogP contribution is -2.42. The zero-order valence-electron chi connectivity index (χ0n) is 13.8.